The summed E-state index contributed by atoms with van der Waals surface area (Å²) in [5.74, 6) is 8.78. The van der Waals surface area contributed by atoms with E-state index in [-0.39, 0.29) is 22.9 Å². The van der Waals surface area contributed by atoms with Crippen molar-refractivity contribution in [2.24, 2.45) is 40.9 Å². The minimum absolute atomic E-state index is 0.0179. The fraction of sp³-hybridized carbons (Fsp3) is 0.870. The molecule has 0 saturated heterocycles. The molecular formula is C23H34O5S2. The molecule has 4 saturated carbocycles. The number of fused-ring (bicyclic) bond motifs is 5. The zero-order chi connectivity index (χ0) is 21.7. The molecule has 0 spiro atoms. The highest BCUT2D eigenvalue weighted by Crippen LogP contribution is 2.64. The van der Waals surface area contributed by atoms with Gasteiger partial charge in [-0.1, -0.05) is 12.8 Å². The van der Waals surface area contributed by atoms with Gasteiger partial charge in [-0.05, 0) is 99.7 Å². The van der Waals surface area contributed by atoms with Gasteiger partial charge >= 0.3 is 9.15 Å². The van der Waals surface area contributed by atoms with Gasteiger partial charge in [0.15, 0.2) is 0 Å². The number of carbonyl (C=O) groups excluding carboxylic acids is 1. The van der Waals surface area contributed by atoms with Crippen LogP contribution in [0, 0.1) is 52.8 Å². The minimum Gasteiger partial charge on any atom is -0.378 e. The van der Waals surface area contributed by atoms with Crippen LogP contribution in [0.2, 0.25) is 0 Å². The molecule has 0 amide bonds. The van der Waals surface area contributed by atoms with Crippen LogP contribution in [0.3, 0.4) is 0 Å². The zero-order valence-corrected chi connectivity index (χ0v) is 19.6. The summed E-state index contributed by atoms with van der Waals surface area (Å²) in [4.78, 5) is 12.8. The summed E-state index contributed by atoms with van der Waals surface area (Å²) in [5.41, 5.74) is -0.852. The van der Waals surface area contributed by atoms with Crippen molar-refractivity contribution in [2.45, 2.75) is 77.2 Å². The molecule has 8 atom stereocenters. The lowest BCUT2D eigenvalue weighted by atomic mass is 9.49. The molecule has 0 heterocycles. The van der Waals surface area contributed by atoms with Crippen molar-refractivity contribution in [3.63, 3.8) is 0 Å². The van der Waals surface area contributed by atoms with Crippen molar-refractivity contribution < 1.29 is 22.9 Å². The molecule has 5 nitrogen and oxygen atoms in total. The molecule has 4 unspecified atom stereocenters. The van der Waals surface area contributed by atoms with Crippen molar-refractivity contribution in [3.05, 3.63) is 0 Å². The SMILES string of the molecule is CC#C[C@@]1(O)CC[C@H]2C(CCC3C2CC[C@@]2(C)C3CC[C@@H]2C(=O)CSS(=O)(=O)O)C1. The van der Waals surface area contributed by atoms with E-state index in [1.54, 1.807) is 6.92 Å². The molecule has 7 heteroatoms. The maximum Gasteiger partial charge on any atom is 0.320 e. The summed E-state index contributed by atoms with van der Waals surface area (Å²) in [7, 11) is -3.83. The maximum absolute atomic E-state index is 12.8. The van der Waals surface area contributed by atoms with E-state index in [1.165, 1.54) is 6.42 Å². The molecule has 4 aliphatic rings. The summed E-state index contributed by atoms with van der Waals surface area (Å²) in [6, 6.07) is 0. The van der Waals surface area contributed by atoms with Gasteiger partial charge in [-0.25, -0.2) is 0 Å². The van der Waals surface area contributed by atoms with Crippen molar-refractivity contribution in [1.29, 1.82) is 0 Å². The van der Waals surface area contributed by atoms with E-state index in [0.717, 1.165) is 51.4 Å². The van der Waals surface area contributed by atoms with Crippen LogP contribution in [0.5, 0.6) is 0 Å². The number of Topliss-reactive ketones (excluding diaryl/α,β-unsaturated/α-hetero) is 1. The normalized spacial score (nSPS) is 45.5. The van der Waals surface area contributed by atoms with E-state index in [9.17, 15) is 18.3 Å². The number of hydrogen-bond donors (Lipinski definition) is 2. The van der Waals surface area contributed by atoms with Crippen LogP contribution in [-0.2, 0) is 13.9 Å². The van der Waals surface area contributed by atoms with Crippen molar-refractivity contribution in [3.8, 4) is 11.8 Å². The molecule has 0 aromatic heterocycles. The zero-order valence-electron chi connectivity index (χ0n) is 18.0. The highest BCUT2D eigenvalue weighted by atomic mass is 33.1. The molecule has 0 bridgehead atoms. The first kappa shape index (κ1) is 22.6. The smallest absolute Gasteiger partial charge is 0.320 e. The highest BCUT2D eigenvalue weighted by Gasteiger charge is 2.58. The van der Waals surface area contributed by atoms with E-state index in [4.69, 9.17) is 4.55 Å². The van der Waals surface area contributed by atoms with E-state index in [1.807, 2.05) is 0 Å². The summed E-state index contributed by atoms with van der Waals surface area (Å²) >= 11 is 0. The standard InChI is InChI=1S/C23H34O5S2/c1-3-10-23(25)12-9-16-15(13-23)4-5-18-17(16)8-11-22(2)19(18)6-7-20(22)21(24)14-29-30(26,27)28/h15-20,25H,4-9,11-14H2,1-2H3,(H,26,27,28)/t15?,16-,17?,18?,19?,20+,22-,23+/m0/s1. The summed E-state index contributed by atoms with van der Waals surface area (Å²) < 4.78 is 31.1. The van der Waals surface area contributed by atoms with E-state index < -0.39 is 14.8 Å². The van der Waals surface area contributed by atoms with Gasteiger partial charge in [0.1, 0.15) is 11.4 Å². The Bertz CT molecular complexity index is 859. The lowest BCUT2D eigenvalue weighted by Gasteiger charge is -2.56. The first-order valence-corrected chi connectivity index (χ1v) is 14.3. The number of aliphatic hydroxyl groups is 1. The van der Waals surface area contributed by atoms with Crippen LogP contribution in [0.1, 0.15) is 71.6 Å². The van der Waals surface area contributed by atoms with Gasteiger partial charge in [0.25, 0.3) is 0 Å². The highest BCUT2D eigenvalue weighted by molar-refractivity contribution is 8.70. The molecule has 4 rings (SSSR count). The largest absolute Gasteiger partial charge is 0.378 e. The predicted octanol–water partition coefficient (Wildman–Crippen LogP) is 4.11. The molecule has 0 aromatic carbocycles. The molecule has 30 heavy (non-hydrogen) atoms. The topological polar surface area (TPSA) is 91.7 Å². The average Bonchev–Trinajstić information content (AvgIpc) is 3.02. The summed E-state index contributed by atoms with van der Waals surface area (Å²) in [6.45, 7) is 4.05. The second-order valence-corrected chi connectivity index (χ2v) is 13.8. The molecule has 4 fully saturated rings. The number of hydrogen-bond acceptors (Lipinski definition) is 5. The van der Waals surface area contributed by atoms with Gasteiger partial charge in [0.05, 0.1) is 5.75 Å². The average molecular weight is 455 g/mol. The number of carbonyl (C=O) groups is 1. The molecule has 0 radical (unpaired) electrons. The third-order valence-corrected chi connectivity index (χ3v) is 11.1. The van der Waals surface area contributed by atoms with Crippen LogP contribution in [0.4, 0.5) is 0 Å². The van der Waals surface area contributed by atoms with Crippen LogP contribution in [0.15, 0.2) is 0 Å². The van der Waals surface area contributed by atoms with Gasteiger partial charge in [-0.15, -0.1) is 5.92 Å². The van der Waals surface area contributed by atoms with Crippen LogP contribution in [-0.4, -0.2) is 35.2 Å². The monoisotopic (exact) mass is 454 g/mol. The summed E-state index contributed by atoms with van der Waals surface area (Å²) in [5, 5.41) is 10.8. The molecule has 4 aliphatic carbocycles. The van der Waals surface area contributed by atoms with Gasteiger partial charge in [-0.2, -0.15) is 8.42 Å². The lowest BCUT2D eigenvalue weighted by molar-refractivity contribution is -0.129. The third-order valence-electron chi connectivity index (χ3n) is 9.11. The number of ketones is 1. The Kier molecular flexibility index (Phi) is 6.11. The van der Waals surface area contributed by atoms with Crippen LogP contribution < -0.4 is 0 Å². The van der Waals surface area contributed by atoms with E-state index >= 15 is 0 Å². The van der Waals surface area contributed by atoms with Crippen molar-refractivity contribution in [2.75, 3.05) is 5.75 Å². The van der Waals surface area contributed by atoms with Gasteiger partial charge in [0.2, 0.25) is 0 Å². The quantitative estimate of drug-likeness (QED) is 0.377. The van der Waals surface area contributed by atoms with Crippen molar-refractivity contribution in [1.82, 2.24) is 0 Å². The fourth-order valence-corrected chi connectivity index (χ4v) is 9.25. The second kappa shape index (κ2) is 8.10. The number of rotatable bonds is 4. The minimum atomic E-state index is -4.18. The first-order valence-electron chi connectivity index (χ1n) is 11.4. The Labute approximate surface area is 184 Å². The Hall–Kier alpha value is -0.550. The van der Waals surface area contributed by atoms with Gasteiger partial charge in [-0.3, -0.25) is 9.35 Å². The molecule has 2 N–H and O–H groups in total. The van der Waals surface area contributed by atoms with Crippen LogP contribution in [0.25, 0.3) is 0 Å². The molecule has 168 valence electrons. The van der Waals surface area contributed by atoms with Crippen molar-refractivity contribution >= 4 is 25.7 Å². The summed E-state index contributed by atoms with van der Waals surface area (Å²) in [6.07, 6.45) is 8.98. The fourth-order valence-electron chi connectivity index (χ4n) is 7.99. The van der Waals surface area contributed by atoms with Crippen LogP contribution >= 0.6 is 10.8 Å². The van der Waals surface area contributed by atoms with Gasteiger partial charge < -0.3 is 5.11 Å². The van der Waals surface area contributed by atoms with Gasteiger partial charge in [0, 0.05) is 16.7 Å². The Morgan fingerprint density at radius 2 is 1.80 bits per heavy atom. The molecular weight excluding hydrogens is 420 g/mol. The van der Waals surface area contributed by atoms with E-state index in [2.05, 4.69) is 18.8 Å². The Morgan fingerprint density at radius 1 is 1.07 bits per heavy atom. The lowest BCUT2D eigenvalue weighted by Crippen LogP contribution is -2.51. The molecule has 0 aromatic rings. The first-order chi connectivity index (χ1) is 14.1. The second-order valence-electron chi connectivity index (χ2n) is 10.4. The Balaban J connectivity index is 1.46. The maximum atomic E-state index is 12.8. The van der Waals surface area contributed by atoms with E-state index in [0.29, 0.717) is 40.4 Å². The third kappa shape index (κ3) is 4.10. The molecule has 0 aliphatic heterocycles. The Morgan fingerprint density at radius 3 is 2.50 bits per heavy atom. The predicted molar refractivity (Wildman–Crippen MR) is 118 cm³/mol.